The van der Waals surface area contributed by atoms with Gasteiger partial charge in [0.15, 0.2) is 0 Å². The van der Waals surface area contributed by atoms with E-state index in [9.17, 15) is 18.0 Å². The number of ether oxygens (including phenoxy) is 2. The third kappa shape index (κ3) is 6.52. The van der Waals surface area contributed by atoms with Crippen molar-refractivity contribution in [1.82, 2.24) is 9.21 Å². The number of esters is 1. The fourth-order valence-electron chi connectivity index (χ4n) is 3.22. The Balaban J connectivity index is 2.24. The van der Waals surface area contributed by atoms with Crippen LogP contribution in [0.3, 0.4) is 0 Å². The minimum absolute atomic E-state index is 0.0908. The highest BCUT2D eigenvalue weighted by Gasteiger charge is 2.27. The van der Waals surface area contributed by atoms with Gasteiger partial charge in [-0.25, -0.2) is 8.42 Å². The maximum Gasteiger partial charge on any atom is 0.325 e. The SMILES string of the molecule is CCOC(=O)CN(CCOC)C(=O)c1cccc(S(=O)(=O)N2CCCCCC2)c1. The normalized spacial score (nSPS) is 15.5. The van der Waals surface area contributed by atoms with Crippen LogP contribution in [0, 0.1) is 0 Å². The van der Waals surface area contributed by atoms with Crippen molar-refractivity contribution in [2.24, 2.45) is 0 Å². The number of sulfonamides is 1. The lowest BCUT2D eigenvalue weighted by atomic mass is 10.2. The molecule has 1 aliphatic heterocycles. The zero-order valence-corrected chi connectivity index (χ0v) is 17.9. The molecule has 2 rings (SSSR count). The summed E-state index contributed by atoms with van der Waals surface area (Å²) in [6, 6.07) is 5.99. The highest BCUT2D eigenvalue weighted by Crippen LogP contribution is 2.21. The van der Waals surface area contributed by atoms with Gasteiger partial charge >= 0.3 is 5.97 Å². The molecule has 162 valence electrons. The van der Waals surface area contributed by atoms with Gasteiger partial charge in [-0.1, -0.05) is 18.9 Å². The molecule has 0 bridgehead atoms. The number of amides is 1. The quantitative estimate of drug-likeness (QED) is 0.560. The molecule has 1 aromatic carbocycles. The molecule has 1 heterocycles. The van der Waals surface area contributed by atoms with Crippen LogP contribution >= 0.6 is 0 Å². The first-order valence-corrected chi connectivity index (χ1v) is 11.4. The van der Waals surface area contributed by atoms with Gasteiger partial charge in [0.1, 0.15) is 6.54 Å². The summed E-state index contributed by atoms with van der Waals surface area (Å²) in [7, 11) is -2.17. The van der Waals surface area contributed by atoms with Crippen LogP contribution in [0.25, 0.3) is 0 Å². The van der Waals surface area contributed by atoms with E-state index in [1.807, 2.05) is 0 Å². The van der Waals surface area contributed by atoms with Gasteiger partial charge in [-0.05, 0) is 38.0 Å². The molecule has 1 fully saturated rings. The van der Waals surface area contributed by atoms with Crippen LogP contribution in [-0.4, -0.2) is 76.0 Å². The molecule has 1 aromatic rings. The summed E-state index contributed by atoms with van der Waals surface area (Å²) in [4.78, 5) is 26.2. The first-order chi connectivity index (χ1) is 13.9. The monoisotopic (exact) mass is 426 g/mol. The maximum atomic E-state index is 13.0. The highest BCUT2D eigenvalue weighted by molar-refractivity contribution is 7.89. The molecule has 0 unspecified atom stereocenters. The van der Waals surface area contributed by atoms with Gasteiger partial charge in [-0.3, -0.25) is 9.59 Å². The number of carbonyl (C=O) groups is 2. The zero-order valence-electron chi connectivity index (χ0n) is 17.1. The van der Waals surface area contributed by atoms with Crippen molar-refractivity contribution in [3.05, 3.63) is 29.8 Å². The van der Waals surface area contributed by atoms with Gasteiger partial charge in [0, 0.05) is 32.3 Å². The molecule has 1 amide bonds. The van der Waals surface area contributed by atoms with E-state index in [0.717, 1.165) is 25.7 Å². The molecule has 8 nitrogen and oxygen atoms in total. The van der Waals surface area contributed by atoms with Gasteiger partial charge in [0.2, 0.25) is 10.0 Å². The fraction of sp³-hybridized carbons (Fsp3) is 0.600. The van der Waals surface area contributed by atoms with Crippen molar-refractivity contribution in [1.29, 1.82) is 0 Å². The topological polar surface area (TPSA) is 93.2 Å². The number of benzene rings is 1. The van der Waals surface area contributed by atoms with Gasteiger partial charge in [0.25, 0.3) is 5.91 Å². The van der Waals surface area contributed by atoms with E-state index in [1.54, 1.807) is 19.1 Å². The second kappa shape index (κ2) is 11.3. The molecule has 0 aliphatic carbocycles. The van der Waals surface area contributed by atoms with Crippen LogP contribution in [0.5, 0.6) is 0 Å². The molecule has 0 atom stereocenters. The third-order valence-corrected chi connectivity index (χ3v) is 6.66. The van der Waals surface area contributed by atoms with Crippen LogP contribution in [-0.2, 0) is 24.3 Å². The molecular weight excluding hydrogens is 396 g/mol. The predicted molar refractivity (Wildman–Crippen MR) is 108 cm³/mol. The van der Waals surface area contributed by atoms with Crippen molar-refractivity contribution in [3.8, 4) is 0 Å². The maximum absolute atomic E-state index is 13.0. The minimum atomic E-state index is -3.67. The van der Waals surface area contributed by atoms with Crippen molar-refractivity contribution < 1.29 is 27.5 Å². The van der Waals surface area contributed by atoms with E-state index in [4.69, 9.17) is 9.47 Å². The molecule has 29 heavy (non-hydrogen) atoms. The largest absolute Gasteiger partial charge is 0.465 e. The molecule has 0 spiro atoms. The Bertz CT molecular complexity index is 788. The average Bonchev–Trinajstić information content (AvgIpc) is 3.01. The second-order valence-corrected chi connectivity index (χ2v) is 8.81. The molecular formula is C20H30N2O6S. The summed E-state index contributed by atoms with van der Waals surface area (Å²) < 4.78 is 37.5. The van der Waals surface area contributed by atoms with Gasteiger partial charge in [-0.2, -0.15) is 4.31 Å². The molecule has 0 N–H and O–H groups in total. The van der Waals surface area contributed by atoms with Crippen LogP contribution in [0.2, 0.25) is 0 Å². The van der Waals surface area contributed by atoms with Crippen molar-refractivity contribution in [3.63, 3.8) is 0 Å². The Labute approximate surface area is 172 Å². The number of methoxy groups -OCH3 is 1. The van der Waals surface area contributed by atoms with E-state index in [2.05, 4.69) is 0 Å². The second-order valence-electron chi connectivity index (χ2n) is 6.87. The number of carbonyl (C=O) groups excluding carboxylic acids is 2. The lowest BCUT2D eigenvalue weighted by Gasteiger charge is -2.23. The first-order valence-electron chi connectivity index (χ1n) is 9.94. The Hall–Kier alpha value is -1.97. The van der Waals surface area contributed by atoms with Crippen LogP contribution in [0.4, 0.5) is 0 Å². The first kappa shape index (κ1) is 23.3. The van der Waals surface area contributed by atoms with Crippen LogP contribution in [0.1, 0.15) is 43.0 Å². The summed E-state index contributed by atoms with van der Waals surface area (Å²) in [5.74, 6) is -0.965. The van der Waals surface area contributed by atoms with E-state index in [0.29, 0.717) is 13.1 Å². The summed E-state index contributed by atoms with van der Waals surface area (Å²) in [5, 5.41) is 0. The molecule has 9 heteroatoms. The lowest BCUT2D eigenvalue weighted by molar-refractivity contribution is -0.143. The van der Waals surface area contributed by atoms with Crippen molar-refractivity contribution >= 4 is 21.9 Å². The van der Waals surface area contributed by atoms with Gasteiger partial charge in [-0.15, -0.1) is 0 Å². The molecule has 0 radical (unpaired) electrons. The Morgan fingerprint density at radius 1 is 1.14 bits per heavy atom. The van der Waals surface area contributed by atoms with E-state index in [1.165, 1.54) is 28.4 Å². The smallest absolute Gasteiger partial charge is 0.325 e. The molecule has 1 aliphatic rings. The Kier molecular flexibility index (Phi) is 9.06. The number of rotatable bonds is 9. The lowest BCUT2D eigenvalue weighted by Crippen LogP contribution is -2.39. The van der Waals surface area contributed by atoms with Gasteiger partial charge < -0.3 is 14.4 Å². The standard InChI is InChI=1S/C20H30N2O6S/c1-3-28-19(23)16-21(13-14-27-2)20(24)17-9-8-10-18(15-17)29(25,26)22-11-6-4-5-7-12-22/h8-10,15H,3-7,11-14,16H2,1-2H3. The van der Waals surface area contributed by atoms with E-state index >= 15 is 0 Å². The number of hydrogen-bond acceptors (Lipinski definition) is 6. The summed E-state index contributed by atoms with van der Waals surface area (Å²) >= 11 is 0. The van der Waals surface area contributed by atoms with E-state index in [-0.39, 0.29) is 36.8 Å². The third-order valence-electron chi connectivity index (χ3n) is 4.76. The Morgan fingerprint density at radius 3 is 2.45 bits per heavy atom. The van der Waals surface area contributed by atoms with Gasteiger partial charge in [0.05, 0.1) is 18.1 Å². The number of hydrogen-bond donors (Lipinski definition) is 0. The van der Waals surface area contributed by atoms with Crippen LogP contribution < -0.4 is 0 Å². The van der Waals surface area contributed by atoms with Crippen molar-refractivity contribution in [2.45, 2.75) is 37.5 Å². The highest BCUT2D eigenvalue weighted by atomic mass is 32.2. The molecule has 1 saturated heterocycles. The van der Waals surface area contributed by atoms with E-state index < -0.39 is 21.9 Å². The summed E-state index contributed by atoms with van der Waals surface area (Å²) in [5.41, 5.74) is 0.210. The molecule has 0 aromatic heterocycles. The van der Waals surface area contributed by atoms with Crippen LogP contribution in [0.15, 0.2) is 29.2 Å². The summed E-state index contributed by atoms with van der Waals surface area (Å²) in [6.07, 6.45) is 3.71. The fourth-order valence-corrected chi connectivity index (χ4v) is 4.78. The van der Waals surface area contributed by atoms with Crippen molar-refractivity contribution in [2.75, 3.05) is 46.5 Å². The Morgan fingerprint density at radius 2 is 1.83 bits per heavy atom. The predicted octanol–water partition coefficient (Wildman–Crippen LogP) is 1.90. The molecule has 0 saturated carbocycles. The average molecular weight is 427 g/mol. The number of nitrogens with zero attached hydrogens (tertiary/aromatic N) is 2. The zero-order chi connectivity index (χ0) is 21.3. The summed E-state index contributed by atoms with van der Waals surface area (Å²) in [6.45, 7) is 3.10. The minimum Gasteiger partial charge on any atom is -0.465 e.